The molecule has 1 aromatic heterocycles. The van der Waals surface area contributed by atoms with Crippen molar-refractivity contribution < 1.29 is 37.9 Å². The number of amides is 5. The molecule has 2 unspecified atom stereocenters. The van der Waals surface area contributed by atoms with Crippen molar-refractivity contribution in [3.63, 3.8) is 0 Å². The first-order chi connectivity index (χ1) is 17.6. The highest BCUT2D eigenvalue weighted by Gasteiger charge is 2.48. The van der Waals surface area contributed by atoms with Crippen LogP contribution in [-0.2, 0) is 16.1 Å². The molecule has 3 aliphatic heterocycles. The monoisotopic (exact) mass is 516 g/mol. The summed E-state index contributed by atoms with van der Waals surface area (Å²) in [6.45, 7) is -0.870. The van der Waals surface area contributed by atoms with Crippen LogP contribution in [0.3, 0.4) is 0 Å². The summed E-state index contributed by atoms with van der Waals surface area (Å²) < 4.78 is 30.3. The topological polar surface area (TPSA) is 154 Å². The maximum absolute atomic E-state index is 14.6. The van der Waals surface area contributed by atoms with Crippen LogP contribution >= 0.6 is 0 Å². The molecule has 37 heavy (non-hydrogen) atoms. The maximum Gasteiger partial charge on any atom is 0.407 e. The Labute approximate surface area is 208 Å². The number of alkyl halides is 2. The van der Waals surface area contributed by atoms with Gasteiger partial charge in [0.25, 0.3) is 17.7 Å². The number of likely N-dealkylation sites (tertiary alicyclic amines) is 1. The van der Waals surface area contributed by atoms with Crippen molar-refractivity contribution in [3.8, 4) is 0 Å². The number of carboxylic acid groups (broad SMARTS) is 1. The highest BCUT2D eigenvalue weighted by Crippen LogP contribution is 2.37. The van der Waals surface area contributed by atoms with Crippen molar-refractivity contribution in [1.29, 1.82) is 0 Å². The molecule has 2 fully saturated rings. The molecule has 0 bridgehead atoms. The third-order valence-electron chi connectivity index (χ3n) is 6.76. The number of nitrogens with zero attached hydrogens (tertiary/aromatic N) is 4. The molecule has 0 radical (unpaired) electrons. The van der Waals surface area contributed by atoms with E-state index >= 15 is 0 Å². The SMILES string of the molecule is O=C1CCC(N2C(=O)c3cccc(NCc4cnn(C5CCN(C(=O)O)CC5(F)F)c4)c3C2=O)C(=O)N1. The Hall–Kier alpha value is -4.36. The van der Waals surface area contributed by atoms with Crippen LogP contribution in [0.1, 0.15) is 51.6 Å². The van der Waals surface area contributed by atoms with Gasteiger partial charge in [-0.1, -0.05) is 6.07 Å². The Morgan fingerprint density at radius 3 is 2.68 bits per heavy atom. The van der Waals surface area contributed by atoms with Crippen LogP contribution in [-0.4, -0.2) is 79.5 Å². The van der Waals surface area contributed by atoms with E-state index in [2.05, 4.69) is 15.7 Å². The first-order valence-electron chi connectivity index (χ1n) is 11.5. The first-order valence-corrected chi connectivity index (χ1v) is 11.5. The molecule has 3 aliphatic rings. The van der Waals surface area contributed by atoms with Crippen LogP contribution < -0.4 is 10.6 Å². The second-order valence-corrected chi connectivity index (χ2v) is 9.13. The third kappa shape index (κ3) is 4.27. The van der Waals surface area contributed by atoms with Crippen LogP contribution in [0.4, 0.5) is 19.3 Å². The summed E-state index contributed by atoms with van der Waals surface area (Å²) in [5.41, 5.74) is 1.03. The fraction of sp³-hybridized carbons (Fsp3) is 0.391. The summed E-state index contributed by atoms with van der Waals surface area (Å²) in [6.07, 6.45) is 1.35. The molecule has 1 aromatic carbocycles. The second-order valence-electron chi connectivity index (χ2n) is 9.13. The zero-order chi connectivity index (χ0) is 26.5. The molecule has 0 aliphatic carbocycles. The van der Waals surface area contributed by atoms with Crippen molar-refractivity contribution in [1.82, 2.24) is 24.9 Å². The van der Waals surface area contributed by atoms with Crippen LogP contribution in [0.25, 0.3) is 0 Å². The average molecular weight is 516 g/mol. The lowest BCUT2D eigenvalue weighted by molar-refractivity contribution is -0.136. The molecule has 12 nitrogen and oxygen atoms in total. The summed E-state index contributed by atoms with van der Waals surface area (Å²) in [4.78, 5) is 62.5. The number of anilines is 1. The highest BCUT2D eigenvalue weighted by atomic mass is 19.3. The summed E-state index contributed by atoms with van der Waals surface area (Å²) in [5, 5.41) is 18.2. The van der Waals surface area contributed by atoms with Gasteiger partial charge >= 0.3 is 6.09 Å². The third-order valence-corrected chi connectivity index (χ3v) is 6.76. The maximum atomic E-state index is 14.6. The first kappa shape index (κ1) is 24.3. The van der Waals surface area contributed by atoms with Crippen molar-refractivity contribution in [2.75, 3.05) is 18.4 Å². The van der Waals surface area contributed by atoms with Gasteiger partial charge in [0.1, 0.15) is 12.1 Å². The largest absolute Gasteiger partial charge is 0.465 e. The highest BCUT2D eigenvalue weighted by molar-refractivity contribution is 6.25. The predicted octanol–water partition coefficient (Wildman–Crippen LogP) is 1.46. The summed E-state index contributed by atoms with van der Waals surface area (Å²) >= 11 is 0. The van der Waals surface area contributed by atoms with Crippen molar-refractivity contribution in [2.24, 2.45) is 0 Å². The van der Waals surface area contributed by atoms with E-state index in [-0.39, 0.29) is 43.5 Å². The van der Waals surface area contributed by atoms with Crippen molar-refractivity contribution in [2.45, 2.75) is 43.8 Å². The number of nitrogens with one attached hydrogen (secondary N) is 2. The number of carbonyl (C=O) groups excluding carboxylic acids is 4. The van der Waals surface area contributed by atoms with E-state index in [4.69, 9.17) is 5.11 Å². The molecule has 0 saturated carbocycles. The van der Waals surface area contributed by atoms with E-state index in [1.54, 1.807) is 12.1 Å². The Morgan fingerprint density at radius 2 is 1.97 bits per heavy atom. The van der Waals surface area contributed by atoms with Gasteiger partial charge in [-0.05, 0) is 25.0 Å². The normalized spacial score (nSPS) is 23.2. The van der Waals surface area contributed by atoms with Gasteiger partial charge in [0, 0.05) is 37.0 Å². The minimum Gasteiger partial charge on any atom is -0.465 e. The minimum atomic E-state index is -3.31. The number of rotatable bonds is 5. The number of hydrogen-bond donors (Lipinski definition) is 3. The molecule has 14 heteroatoms. The lowest BCUT2D eigenvalue weighted by Gasteiger charge is -2.36. The van der Waals surface area contributed by atoms with Crippen LogP contribution in [0.5, 0.6) is 0 Å². The molecule has 2 atom stereocenters. The molecule has 3 N–H and O–H groups in total. The standard InChI is InChI=1S/C23H22F2N6O6/c24-23(25)11-29(22(36)37)7-6-16(23)30-10-12(9-27-30)8-26-14-3-1-2-13-18(14)21(35)31(20(13)34)15-4-5-17(32)28-19(15)33/h1-3,9-10,15-16,26H,4-8,11H2,(H,36,37)(H,28,32,33). The van der Waals surface area contributed by atoms with Crippen LogP contribution in [0.2, 0.25) is 0 Å². The minimum absolute atomic E-state index is 0.00723. The van der Waals surface area contributed by atoms with E-state index in [1.165, 1.54) is 18.5 Å². The number of carbonyl (C=O) groups is 5. The number of imide groups is 2. The number of aromatic nitrogens is 2. The van der Waals surface area contributed by atoms with E-state index in [1.807, 2.05) is 0 Å². The molecular weight excluding hydrogens is 494 g/mol. The summed E-state index contributed by atoms with van der Waals surface area (Å²) in [6, 6.07) is 2.22. The zero-order valence-electron chi connectivity index (χ0n) is 19.3. The predicted molar refractivity (Wildman–Crippen MR) is 121 cm³/mol. The number of piperidine rings is 2. The molecule has 2 saturated heterocycles. The lowest BCUT2D eigenvalue weighted by Crippen LogP contribution is -2.54. The fourth-order valence-electron chi connectivity index (χ4n) is 4.92. The molecule has 194 valence electrons. The number of fused-ring (bicyclic) bond motifs is 1. The molecule has 2 aromatic rings. The molecular formula is C23H22F2N6O6. The van der Waals surface area contributed by atoms with Gasteiger partial charge in [0.05, 0.1) is 23.9 Å². The molecule has 4 heterocycles. The molecule has 5 rings (SSSR count). The Bertz CT molecular complexity index is 1330. The van der Waals surface area contributed by atoms with Crippen LogP contribution in [0, 0.1) is 0 Å². The second kappa shape index (κ2) is 8.94. The average Bonchev–Trinajstić information content (AvgIpc) is 3.40. The van der Waals surface area contributed by atoms with Gasteiger partial charge in [0.2, 0.25) is 11.8 Å². The quantitative estimate of drug-likeness (QED) is 0.505. The van der Waals surface area contributed by atoms with Gasteiger partial charge in [0.15, 0.2) is 0 Å². The fourth-order valence-corrected chi connectivity index (χ4v) is 4.92. The molecule has 5 amide bonds. The van der Waals surface area contributed by atoms with Gasteiger partial charge in [-0.2, -0.15) is 5.10 Å². The van der Waals surface area contributed by atoms with Crippen LogP contribution in [0.15, 0.2) is 30.6 Å². The number of halogens is 2. The summed E-state index contributed by atoms with van der Waals surface area (Å²) in [7, 11) is 0. The van der Waals surface area contributed by atoms with Gasteiger partial charge in [-0.3, -0.25) is 34.1 Å². The zero-order valence-corrected chi connectivity index (χ0v) is 19.3. The van der Waals surface area contributed by atoms with Crippen molar-refractivity contribution >= 4 is 35.4 Å². The van der Waals surface area contributed by atoms with E-state index in [0.29, 0.717) is 16.2 Å². The van der Waals surface area contributed by atoms with Gasteiger partial charge in [-0.25, -0.2) is 13.6 Å². The van der Waals surface area contributed by atoms with Crippen molar-refractivity contribution in [3.05, 3.63) is 47.3 Å². The van der Waals surface area contributed by atoms with E-state index < -0.39 is 54.3 Å². The Kier molecular flexibility index (Phi) is 5.88. The number of benzene rings is 1. The van der Waals surface area contributed by atoms with Gasteiger partial charge in [-0.15, -0.1) is 0 Å². The Morgan fingerprint density at radius 1 is 1.19 bits per heavy atom. The number of hydrogen-bond acceptors (Lipinski definition) is 7. The van der Waals surface area contributed by atoms with E-state index in [9.17, 15) is 32.8 Å². The summed E-state index contributed by atoms with van der Waals surface area (Å²) in [5.74, 6) is -5.79. The van der Waals surface area contributed by atoms with E-state index in [0.717, 1.165) is 9.58 Å². The smallest absolute Gasteiger partial charge is 0.407 e. The molecule has 0 spiro atoms. The van der Waals surface area contributed by atoms with Gasteiger partial charge < -0.3 is 15.3 Å². The Balaban J connectivity index is 1.30. The lowest BCUT2D eigenvalue weighted by atomic mass is 10.0.